The van der Waals surface area contributed by atoms with Crippen LogP contribution in [0.4, 0.5) is 4.79 Å². The Kier molecular flexibility index (Phi) is 5.43. The maximum Gasteiger partial charge on any atom is 0.317 e. The van der Waals surface area contributed by atoms with Gasteiger partial charge in [0.2, 0.25) is 0 Å². The van der Waals surface area contributed by atoms with Gasteiger partial charge in [-0.3, -0.25) is 4.21 Å². The molecule has 25 heavy (non-hydrogen) atoms. The largest absolute Gasteiger partial charge is 0.377 e. The highest BCUT2D eigenvalue weighted by molar-refractivity contribution is 7.86. The quantitative estimate of drug-likeness (QED) is 0.846. The third kappa shape index (κ3) is 4.20. The topological polar surface area (TPSA) is 89.3 Å². The molecule has 1 fully saturated rings. The maximum atomic E-state index is 12.6. The second-order valence-electron chi connectivity index (χ2n) is 7.29. The van der Waals surface area contributed by atoms with E-state index in [0.29, 0.717) is 37.8 Å². The molecule has 0 aromatic carbocycles. The number of methoxy groups -OCH3 is 1. The van der Waals surface area contributed by atoms with Crippen molar-refractivity contribution >= 4 is 16.8 Å². The predicted octanol–water partition coefficient (Wildman–Crippen LogP) is 0.682. The van der Waals surface area contributed by atoms with Crippen LogP contribution in [0.1, 0.15) is 38.3 Å². The second kappa shape index (κ2) is 7.41. The highest BCUT2D eigenvalue weighted by Gasteiger charge is 2.32. The van der Waals surface area contributed by atoms with Crippen molar-refractivity contribution in [2.45, 2.75) is 57.1 Å². The summed E-state index contributed by atoms with van der Waals surface area (Å²) < 4.78 is 18.9. The average Bonchev–Trinajstić information content (AvgIpc) is 2.90. The van der Waals surface area contributed by atoms with Gasteiger partial charge in [-0.15, -0.1) is 0 Å². The summed E-state index contributed by atoms with van der Waals surface area (Å²) in [6, 6.07) is -0.0285. The molecule has 0 radical (unpaired) electrons. The van der Waals surface area contributed by atoms with Gasteiger partial charge in [-0.2, -0.15) is 5.10 Å². The van der Waals surface area contributed by atoms with Crippen molar-refractivity contribution < 1.29 is 13.7 Å². The lowest BCUT2D eigenvalue weighted by atomic mass is 10.1. The molecule has 1 aromatic rings. The number of amides is 2. The SMILES string of the molecule is COCc1nc2n(n1)CC(NC(=O)N1CCS(=O)C(C)(C)CC1)CC2. The molecular weight excluding hydrogens is 342 g/mol. The number of urea groups is 1. The van der Waals surface area contributed by atoms with E-state index in [1.807, 2.05) is 18.5 Å². The molecule has 3 rings (SSSR count). The fourth-order valence-electron chi connectivity index (χ4n) is 3.24. The molecule has 0 aliphatic carbocycles. The first-order chi connectivity index (χ1) is 11.9. The Morgan fingerprint density at radius 2 is 2.24 bits per heavy atom. The van der Waals surface area contributed by atoms with Gasteiger partial charge in [0.1, 0.15) is 12.4 Å². The molecule has 2 aliphatic heterocycles. The van der Waals surface area contributed by atoms with Crippen molar-refractivity contribution in [1.29, 1.82) is 0 Å². The fraction of sp³-hybridized carbons (Fsp3) is 0.812. The smallest absolute Gasteiger partial charge is 0.317 e. The van der Waals surface area contributed by atoms with Crippen molar-refractivity contribution in [1.82, 2.24) is 25.0 Å². The Hall–Kier alpha value is -1.48. The van der Waals surface area contributed by atoms with Crippen LogP contribution in [-0.2, 0) is 35.1 Å². The summed E-state index contributed by atoms with van der Waals surface area (Å²) in [5.74, 6) is 2.17. The molecule has 1 saturated heterocycles. The number of hydrogen-bond acceptors (Lipinski definition) is 5. The Morgan fingerprint density at radius 1 is 1.44 bits per heavy atom. The zero-order valence-corrected chi connectivity index (χ0v) is 16.0. The molecule has 2 amide bonds. The number of carbonyl (C=O) groups excluding carboxylic acids is 1. The second-order valence-corrected chi connectivity index (χ2v) is 9.50. The lowest BCUT2D eigenvalue weighted by molar-refractivity contribution is 0.177. The van der Waals surface area contributed by atoms with Crippen molar-refractivity contribution in [3.8, 4) is 0 Å². The van der Waals surface area contributed by atoms with E-state index in [1.54, 1.807) is 12.0 Å². The van der Waals surface area contributed by atoms with E-state index in [-0.39, 0.29) is 16.8 Å². The summed E-state index contributed by atoms with van der Waals surface area (Å²) >= 11 is 0. The highest BCUT2D eigenvalue weighted by Crippen LogP contribution is 2.22. The third-order valence-corrected chi connectivity index (χ3v) is 6.93. The lowest BCUT2D eigenvalue weighted by Gasteiger charge is -2.28. The molecule has 0 spiro atoms. The fourth-order valence-corrected chi connectivity index (χ4v) is 4.49. The Balaban J connectivity index is 1.57. The first-order valence-corrected chi connectivity index (χ1v) is 10.1. The molecular formula is C16H27N5O3S. The number of aryl methyl sites for hydroxylation is 1. The Bertz CT molecular complexity index is 660. The van der Waals surface area contributed by atoms with E-state index >= 15 is 0 Å². The van der Waals surface area contributed by atoms with Crippen molar-refractivity contribution in [3.05, 3.63) is 11.6 Å². The standard InChI is InChI=1S/C16H27N5O3S/c1-16(2)6-7-20(8-9-25(16)23)15(22)17-12-4-5-14-18-13(11-24-3)19-21(14)10-12/h12H,4-11H2,1-3H3,(H,17,22). The lowest BCUT2D eigenvalue weighted by Crippen LogP contribution is -2.48. The van der Waals surface area contributed by atoms with Gasteiger partial charge >= 0.3 is 6.03 Å². The van der Waals surface area contributed by atoms with E-state index in [9.17, 15) is 9.00 Å². The molecule has 8 nitrogen and oxygen atoms in total. The molecule has 0 saturated carbocycles. The maximum absolute atomic E-state index is 12.6. The van der Waals surface area contributed by atoms with Crippen molar-refractivity contribution in [3.63, 3.8) is 0 Å². The zero-order chi connectivity index (χ0) is 18.0. The zero-order valence-electron chi connectivity index (χ0n) is 15.2. The Morgan fingerprint density at radius 3 is 3.00 bits per heavy atom. The molecule has 0 bridgehead atoms. The van der Waals surface area contributed by atoms with Gasteiger partial charge in [-0.25, -0.2) is 14.5 Å². The van der Waals surface area contributed by atoms with E-state index in [2.05, 4.69) is 15.4 Å². The van der Waals surface area contributed by atoms with Crippen LogP contribution in [-0.4, -0.2) is 66.6 Å². The molecule has 2 aliphatic rings. The number of hydrogen-bond donors (Lipinski definition) is 1. The number of ether oxygens (including phenoxy) is 1. The van der Waals surface area contributed by atoms with Crippen molar-refractivity contribution in [2.24, 2.45) is 0 Å². The minimum absolute atomic E-state index is 0.0406. The van der Waals surface area contributed by atoms with Crippen molar-refractivity contribution in [2.75, 3.05) is 26.0 Å². The van der Waals surface area contributed by atoms with Gasteiger partial charge in [0.05, 0.1) is 12.6 Å². The highest BCUT2D eigenvalue weighted by atomic mass is 32.2. The number of carbonyl (C=O) groups is 1. The first-order valence-electron chi connectivity index (χ1n) is 8.74. The number of aromatic nitrogens is 3. The van der Waals surface area contributed by atoms with Gasteiger partial charge in [-0.05, 0) is 26.7 Å². The Labute approximate surface area is 150 Å². The van der Waals surface area contributed by atoms with Crippen LogP contribution in [0.2, 0.25) is 0 Å². The monoisotopic (exact) mass is 369 g/mol. The summed E-state index contributed by atoms with van der Waals surface area (Å²) in [5.41, 5.74) is 0. The van der Waals surface area contributed by atoms with Crippen LogP contribution in [0.15, 0.2) is 0 Å². The average molecular weight is 369 g/mol. The van der Waals surface area contributed by atoms with Crippen LogP contribution in [0.3, 0.4) is 0 Å². The number of fused-ring (bicyclic) bond motifs is 1. The summed E-state index contributed by atoms with van der Waals surface area (Å²) in [4.78, 5) is 18.8. The van der Waals surface area contributed by atoms with Crippen LogP contribution in [0.25, 0.3) is 0 Å². The van der Waals surface area contributed by atoms with Gasteiger partial charge in [0.15, 0.2) is 5.82 Å². The molecule has 9 heteroatoms. The summed E-state index contributed by atoms with van der Waals surface area (Å²) in [6.45, 7) is 6.23. The number of rotatable bonds is 3. The van der Waals surface area contributed by atoms with Crippen LogP contribution in [0.5, 0.6) is 0 Å². The minimum atomic E-state index is -0.897. The third-order valence-electron chi connectivity index (χ3n) is 4.94. The van der Waals surface area contributed by atoms with E-state index in [0.717, 1.165) is 25.1 Å². The normalized spacial score (nSPS) is 26.0. The molecule has 2 atom stereocenters. The number of nitrogens with one attached hydrogen (secondary N) is 1. The molecule has 2 unspecified atom stereocenters. The minimum Gasteiger partial charge on any atom is -0.377 e. The van der Waals surface area contributed by atoms with Gasteiger partial charge < -0.3 is 15.0 Å². The molecule has 3 heterocycles. The van der Waals surface area contributed by atoms with E-state index < -0.39 is 10.8 Å². The molecule has 1 N–H and O–H groups in total. The van der Waals surface area contributed by atoms with Crippen LogP contribution >= 0.6 is 0 Å². The summed E-state index contributed by atoms with van der Waals surface area (Å²) in [5, 5.41) is 7.54. The van der Waals surface area contributed by atoms with Gasteiger partial charge in [0, 0.05) is 47.9 Å². The van der Waals surface area contributed by atoms with E-state index in [4.69, 9.17) is 4.74 Å². The van der Waals surface area contributed by atoms with Gasteiger partial charge in [0.25, 0.3) is 0 Å². The van der Waals surface area contributed by atoms with Crippen LogP contribution in [0, 0.1) is 0 Å². The van der Waals surface area contributed by atoms with Crippen LogP contribution < -0.4 is 5.32 Å². The predicted molar refractivity (Wildman–Crippen MR) is 94.7 cm³/mol. The summed E-state index contributed by atoms with van der Waals surface area (Å²) in [6.07, 6.45) is 2.39. The molecule has 1 aromatic heterocycles. The molecule has 140 valence electrons. The van der Waals surface area contributed by atoms with Gasteiger partial charge in [-0.1, -0.05) is 0 Å². The summed E-state index contributed by atoms with van der Waals surface area (Å²) in [7, 11) is 0.727. The first kappa shape index (κ1) is 18.3. The number of nitrogens with zero attached hydrogens (tertiary/aromatic N) is 4. The van der Waals surface area contributed by atoms with E-state index in [1.165, 1.54) is 0 Å².